The van der Waals surface area contributed by atoms with Gasteiger partial charge in [-0.25, -0.2) is 4.79 Å². The zero-order chi connectivity index (χ0) is 27.4. The highest BCUT2D eigenvalue weighted by Crippen LogP contribution is 2.40. The van der Waals surface area contributed by atoms with Crippen molar-refractivity contribution < 1.29 is 19.5 Å². The average molecular weight is 500 g/mol. The van der Waals surface area contributed by atoms with Crippen molar-refractivity contribution in [3.05, 3.63) is 47.0 Å². The minimum Gasteiger partial charge on any atom is -0.478 e. The lowest BCUT2D eigenvalue weighted by Gasteiger charge is -2.43. The monoisotopic (exact) mass is 499 g/mol. The van der Waals surface area contributed by atoms with E-state index in [-0.39, 0.29) is 23.3 Å². The fourth-order valence-electron chi connectivity index (χ4n) is 5.42. The van der Waals surface area contributed by atoms with Crippen molar-refractivity contribution in [2.75, 3.05) is 14.1 Å². The SMILES string of the molecule is CN[C@H](C(=O)N[C@H](C(=O)N(C)[C@H](/C=C(\C)C(=O)O)C(C)C)C(C)(C)C)C1(C)CCCc2ccccc21. The number of nitrogens with one attached hydrogen (secondary N) is 2. The van der Waals surface area contributed by atoms with E-state index >= 15 is 0 Å². The summed E-state index contributed by atoms with van der Waals surface area (Å²) in [5.74, 6) is -1.47. The van der Waals surface area contributed by atoms with Crippen LogP contribution in [0.3, 0.4) is 0 Å². The highest BCUT2D eigenvalue weighted by atomic mass is 16.4. The van der Waals surface area contributed by atoms with Crippen LogP contribution in [0.2, 0.25) is 0 Å². The van der Waals surface area contributed by atoms with Gasteiger partial charge >= 0.3 is 5.97 Å². The Morgan fingerprint density at radius 3 is 2.31 bits per heavy atom. The number of carbonyl (C=O) groups excluding carboxylic acids is 2. The lowest BCUT2D eigenvalue weighted by molar-refractivity contribution is -0.141. The quantitative estimate of drug-likeness (QED) is 0.448. The first kappa shape index (κ1) is 29.6. The summed E-state index contributed by atoms with van der Waals surface area (Å²) in [6, 6.07) is 6.57. The van der Waals surface area contributed by atoms with Crippen molar-refractivity contribution in [1.82, 2.24) is 15.5 Å². The van der Waals surface area contributed by atoms with E-state index in [0.29, 0.717) is 0 Å². The number of carboxylic acids is 1. The molecule has 4 atom stereocenters. The second-order valence-electron chi connectivity index (χ2n) is 11.8. The number of aryl methyl sites for hydroxylation is 1. The molecule has 0 aromatic heterocycles. The van der Waals surface area contributed by atoms with Gasteiger partial charge < -0.3 is 20.6 Å². The van der Waals surface area contributed by atoms with Gasteiger partial charge in [-0.15, -0.1) is 0 Å². The van der Waals surface area contributed by atoms with Gasteiger partial charge in [-0.1, -0.05) is 71.9 Å². The molecule has 0 spiro atoms. The van der Waals surface area contributed by atoms with Crippen LogP contribution in [0.15, 0.2) is 35.9 Å². The first-order valence-electron chi connectivity index (χ1n) is 12.9. The zero-order valence-electron chi connectivity index (χ0n) is 23.4. The van der Waals surface area contributed by atoms with E-state index < -0.39 is 34.9 Å². The molecule has 0 saturated carbocycles. The Morgan fingerprint density at radius 2 is 1.78 bits per heavy atom. The predicted molar refractivity (Wildman–Crippen MR) is 144 cm³/mol. The summed E-state index contributed by atoms with van der Waals surface area (Å²) in [7, 11) is 3.47. The molecule has 2 rings (SSSR count). The third-order valence-corrected chi connectivity index (χ3v) is 7.60. The smallest absolute Gasteiger partial charge is 0.331 e. The van der Waals surface area contributed by atoms with Crippen molar-refractivity contribution in [1.29, 1.82) is 0 Å². The molecule has 0 radical (unpaired) electrons. The van der Waals surface area contributed by atoms with Crippen molar-refractivity contribution in [2.24, 2.45) is 11.3 Å². The molecule has 7 nitrogen and oxygen atoms in total. The van der Waals surface area contributed by atoms with E-state index in [2.05, 4.69) is 29.7 Å². The second-order valence-corrected chi connectivity index (χ2v) is 11.8. The molecule has 0 heterocycles. The minimum atomic E-state index is -1.01. The molecular weight excluding hydrogens is 454 g/mol. The fourth-order valence-corrected chi connectivity index (χ4v) is 5.42. The van der Waals surface area contributed by atoms with Gasteiger partial charge in [-0.2, -0.15) is 0 Å². The first-order valence-corrected chi connectivity index (χ1v) is 12.9. The van der Waals surface area contributed by atoms with E-state index in [9.17, 15) is 19.5 Å². The summed E-state index contributed by atoms with van der Waals surface area (Å²) in [5, 5.41) is 15.7. The van der Waals surface area contributed by atoms with Crippen molar-refractivity contribution >= 4 is 17.8 Å². The van der Waals surface area contributed by atoms with Crippen LogP contribution in [0, 0.1) is 11.3 Å². The number of rotatable bonds is 9. The van der Waals surface area contributed by atoms with Crippen LogP contribution < -0.4 is 10.6 Å². The van der Waals surface area contributed by atoms with E-state index in [0.717, 1.165) is 19.3 Å². The maximum Gasteiger partial charge on any atom is 0.331 e. The van der Waals surface area contributed by atoms with Crippen molar-refractivity contribution in [3.63, 3.8) is 0 Å². The molecule has 1 aromatic carbocycles. The average Bonchev–Trinajstić information content (AvgIpc) is 2.79. The maximum atomic E-state index is 13.8. The Labute approximate surface area is 216 Å². The van der Waals surface area contributed by atoms with Crippen LogP contribution >= 0.6 is 0 Å². The van der Waals surface area contributed by atoms with Gasteiger partial charge in [0.2, 0.25) is 11.8 Å². The van der Waals surface area contributed by atoms with Crippen molar-refractivity contribution in [3.8, 4) is 0 Å². The molecular formula is C29H45N3O4. The fraction of sp³-hybridized carbons (Fsp3) is 0.621. The number of aliphatic carboxylic acids is 1. The molecule has 36 heavy (non-hydrogen) atoms. The van der Waals surface area contributed by atoms with Gasteiger partial charge in [0.15, 0.2) is 0 Å². The molecule has 0 fully saturated rings. The number of likely N-dealkylation sites (N-methyl/N-ethyl adjacent to an activating group) is 2. The number of benzene rings is 1. The summed E-state index contributed by atoms with van der Waals surface area (Å²) in [6.45, 7) is 13.3. The summed E-state index contributed by atoms with van der Waals surface area (Å²) >= 11 is 0. The zero-order valence-corrected chi connectivity index (χ0v) is 23.4. The molecule has 1 aliphatic rings. The highest BCUT2D eigenvalue weighted by Gasteiger charge is 2.45. The lowest BCUT2D eigenvalue weighted by Crippen LogP contribution is -2.62. The van der Waals surface area contributed by atoms with E-state index in [1.54, 1.807) is 25.1 Å². The number of hydrogen-bond donors (Lipinski definition) is 3. The van der Waals surface area contributed by atoms with E-state index in [4.69, 9.17) is 0 Å². The normalized spacial score (nSPS) is 20.8. The maximum absolute atomic E-state index is 13.8. The topological polar surface area (TPSA) is 98.7 Å². The van der Waals surface area contributed by atoms with Crippen LogP contribution in [0.4, 0.5) is 0 Å². The van der Waals surface area contributed by atoms with Crippen molar-refractivity contribution in [2.45, 2.75) is 91.3 Å². The number of hydrogen-bond acceptors (Lipinski definition) is 4. The molecule has 7 heteroatoms. The highest BCUT2D eigenvalue weighted by molar-refractivity contribution is 5.92. The Kier molecular flexibility index (Phi) is 9.52. The Morgan fingerprint density at radius 1 is 1.17 bits per heavy atom. The Hall–Kier alpha value is -2.67. The largest absolute Gasteiger partial charge is 0.478 e. The number of carboxylic acid groups (broad SMARTS) is 1. The molecule has 2 amide bonds. The Bertz CT molecular complexity index is 994. The molecule has 0 aliphatic heterocycles. The predicted octanol–water partition coefficient (Wildman–Crippen LogP) is 3.91. The van der Waals surface area contributed by atoms with Gasteiger partial charge in [-0.05, 0) is 55.7 Å². The van der Waals surface area contributed by atoms with Gasteiger partial charge in [0.1, 0.15) is 6.04 Å². The lowest BCUT2D eigenvalue weighted by atomic mass is 9.66. The van der Waals surface area contributed by atoms with Crippen LogP contribution in [0.25, 0.3) is 0 Å². The van der Waals surface area contributed by atoms with E-state index in [1.807, 2.05) is 46.8 Å². The van der Waals surface area contributed by atoms with Gasteiger partial charge in [0.05, 0.1) is 12.1 Å². The molecule has 1 unspecified atom stereocenters. The van der Waals surface area contributed by atoms with E-state index in [1.165, 1.54) is 18.1 Å². The third-order valence-electron chi connectivity index (χ3n) is 7.60. The van der Waals surface area contributed by atoms with Gasteiger partial charge in [-0.3, -0.25) is 9.59 Å². The summed E-state index contributed by atoms with van der Waals surface area (Å²) in [6.07, 6.45) is 4.47. The van der Waals surface area contributed by atoms with Crippen LogP contribution in [0.5, 0.6) is 0 Å². The summed E-state index contributed by atoms with van der Waals surface area (Å²) in [5.41, 5.74) is 1.66. The first-order chi connectivity index (χ1) is 16.6. The number of nitrogens with zero attached hydrogens (tertiary/aromatic N) is 1. The van der Waals surface area contributed by atoms with Gasteiger partial charge in [0.25, 0.3) is 0 Å². The minimum absolute atomic E-state index is 0.00715. The molecule has 3 N–H and O–H groups in total. The number of carbonyl (C=O) groups is 3. The summed E-state index contributed by atoms with van der Waals surface area (Å²) < 4.78 is 0. The second kappa shape index (κ2) is 11.6. The van der Waals surface area contributed by atoms with Gasteiger partial charge in [0, 0.05) is 18.0 Å². The summed E-state index contributed by atoms with van der Waals surface area (Å²) in [4.78, 5) is 40.6. The molecule has 0 bridgehead atoms. The third kappa shape index (κ3) is 6.36. The molecule has 1 aromatic rings. The molecule has 0 saturated heterocycles. The molecule has 1 aliphatic carbocycles. The van der Waals surface area contributed by atoms with Crippen LogP contribution in [0.1, 0.15) is 72.4 Å². The van der Waals surface area contributed by atoms with Crippen LogP contribution in [-0.2, 0) is 26.2 Å². The standard InChI is InChI=1S/C29H45N3O4/c1-18(2)22(17-19(3)27(35)36)32(9)26(34)24(28(4,5)6)31-25(33)23(30-8)29(7)16-12-14-20-13-10-11-15-21(20)29/h10-11,13,15,17-18,22-24,30H,12,14,16H2,1-9H3,(H,31,33)(H,35,36)/b19-17+/t22-,23-,24-,29?/m1/s1. The number of fused-ring (bicyclic) bond motifs is 1. The van der Waals surface area contributed by atoms with Crippen LogP contribution in [-0.4, -0.2) is 60.0 Å². The number of amides is 2. The Balaban J connectivity index is 2.39. The molecule has 200 valence electrons.